The molecule has 7 heteroatoms. The number of hydrogen-bond donors (Lipinski definition) is 3. The van der Waals surface area contributed by atoms with E-state index in [1.807, 2.05) is 48.5 Å². The number of imide groups is 1. The van der Waals surface area contributed by atoms with E-state index >= 15 is 0 Å². The van der Waals surface area contributed by atoms with Crippen LogP contribution in [-0.2, 0) is 16.0 Å². The maximum atomic E-state index is 12.8. The van der Waals surface area contributed by atoms with Crippen LogP contribution in [0.15, 0.2) is 60.7 Å². The fraction of sp³-hybridized carbons (Fsp3) is 0.423. The Kier molecular flexibility index (Phi) is 7.40. The lowest BCUT2D eigenvalue weighted by molar-refractivity contribution is -0.146. The number of carbonyl (C=O) groups is 3. The second kappa shape index (κ2) is 10.6. The molecule has 2 unspecified atom stereocenters. The molecular formula is C26H31N3O4. The maximum absolute atomic E-state index is 12.8. The van der Waals surface area contributed by atoms with Crippen LogP contribution in [0.4, 0.5) is 4.79 Å². The molecule has 7 nitrogen and oxygen atoms in total. The predicted molar refractivity (Wildman–Crippen MR) is 124 cm³/mol. The highest BCUT2D eigenvalue weighted by Crippen LogP contribution is 2.32. The molecule has 1 saturated heterocycles. The number of aliphatic hydroxyl groups excluding tert-OH is 1. The van der Waals surface area contributed by atoms with Gasteiger partial charge in [-0.3, -0.25) is 14.5 Å². The van der Waals surface area contributed by atoms with Gasteiger partial charge in [-0.05, 0) is 55.6 Å². The summed E-state index contributed by atoms with van der Waals surface area (Å²) in [7, 11) is 0. The van der Waals surface area contributed by atoms with Gasteiger partial charge in [0.05, 0.1) is 0 Å². The standard InChI is InChI=1S/C26H31N3O4/c30-23-22(24(31)27-21-15-13-20(14-16-21)19-11-5-2-6-12-19)28-26(33)29(25(23)32)17-7-10-18-8-3-1-4-9-18/h1-6,8-9,11-12,20-23,30H,7,10,13-17H2,(H,27,31)(H,28,33). The van der Waals surface area contributed by atoms with Crippen molar-refractivity contribution in [1.29, 1.82) is 0 Å². The monoisotopic (exact) mass is 449 g/mol. The molecule has 0 bridgehead atoms. The first-order valence-corrected chi connectivity index (χ1v) is 11.7. The van der Waals surface area contributed by atoms with Crippen molar-refractivity contribution < 1.29 is 19.5 Å². The summed E-state index contributed by atoms with van der Waals surface area (Å²) in [6, 6.07) is 18.2. The molecule has 4 amide bonds. The molecule has 2 atom stereocenters. The third-order valence-corrected chi connectivity index (χ3v) is 6.68. The third kappa shape index (κ3) is 5.60. The number of benzene rings is 2. The van der Waals surface area contributed by atoms with E-state index in [1.54, 1.807) is 0 Å². The zero-order valence-electron chi connectivity index (χ0n) is 18.7. The van der Waals surface area contributed by atoms with E-state index in [4.69, 9.17) is 0 Å². The number of hydrogen-bond acceptors (Lipinski definition) is 4. The predicted octanol–water partition coefficient (Wildman–Crippen LogP) is 2.74. The second-order valence-electron chi connectivity index (χ2n) is 8.92. The van der Waals surface area contributed by atoms with Gasteiger partial charge in [0.1, 0.15) is 6.04 Å². The average Bonchev–Trinajstić information content (AvgIpc) is 2.85. The highest BCUT2D eigenvalue weighted by molar-refractivity contribution is 6.05. The molecule has 2 aromatic rings. The Bertz CT molecular complexity index is 958. The van der Waals surface area contributed by atoms with Crippen LogP contribution >= 0.6 is 0 Å². The molecule has 2 aliphatic rings. The molecule has 0 spiro atoms. The first kappa shape index (κ1) is 23.0. The van der Waals surface area contributed by atoms with Crippen molar-refractivity contribution >= 4 is 17.8 Å². The van der Waals surface area contributed by atoms with Crippen molar-refractivity contribution in [2.45, 2.75) is 62.6 Å². The minimum absolute atomic E-state index is 0.0273. The van der Waals surface area contributed by atoms with E-state index < -0.39 is 30.0 Å². The minimum atomic E-state index is -1.58. The Morgan fingerprint density at radius 2 is 1.61 bits per heavy atom. The molecule has 1 heterocycles. The average molecular weight is 450 g/mol. The van der Waals surface area contributed by atoms with E-state index in [0.717, 1.165) is 36.1 Å². The van der Waals surface area contributed by atoms with Gasteiger partial charge in [-0.25, -0.2) is 4.79 Å². The summed E-state index contributed by atoms with van der Waals surface area (Å²) in [4.78, 5) is 38.9. The van der Waals surface area contributed by atoms with Gasteiger partial charge in [0, 0.05) is 12.6 Å². The van der Waals surface area contributed by atoms with Crippen molar-refractivity contribution in [2.24, 2.45) is 0 Å². The van der Waals surface area contributed by atoms with Gasteiger partial charge in [0.2, 0.25) is 5.91 Å². The molecule has 0 radical (unpaired) electrons. The molecule has 174 valence electrons. The SMILES string of the molecule is O=C(NC1CCC(c2ccccc2)CC1)C1NC(=O)N(CCCc2ccccc2)C(=O)C1O. The molecule has 2 aromatic carbocycles. The van der Waals surface area contributed by atoms with Crippen molar-refractivity contribution in [2.75, 3.05) is 6.54 Å². The number of aryl methyl sites for hydroxylation is 1. The first-order valence-electron chi connectivity index (χ1n) is 11.7. The van der Waals surface area contributed by atoms with Gasteiger partial charge in [0.25, 0.3) is 5.91 Å². The second-order valence-corrected chi connectivity index (χ2v) is 8.92. The van der Waals surface area contributed by atoms with Crippen molar-refractivity contribution in [1.82, 2.24) is 15.5 Å². The molecule has 33 heavy (non-hydrogen) atoms. The molecule has 2 fully saturated rings. The van der Waals surface area contributed by atoms with Crippen LogP contribution in [0.2, 0.25) is 0 Å². The van der Waals surface area contributed by atoms with Crippen LogP contribution in [0.1, 0.15) is 49.1 Å². The molecule has 0 aromatic heterocycles. The van der Waals surface area contributed by atoms with Crippen LogP contribution in [-0.4, -0.2) is 52.6 Å². The van der Waals surface area contributed by atoms with Crippen molar-refractivity contribution in [3.63, 3.8) is 0 Å². The van der Waals surface area contributed by atoms with Gasteiger partial charge in [-0.15, -0.1) is 0 Å². The van der Waals surface area contributed by atoms with Gasteiger partial charge in [0.15, 0.2) is 6.10 Å². The van der Waals surface area contributed by atoms with Gasteiger partial charge in [-0.1, -0.05) is 60.7 Å². The smallest absolute Gasteiger partial charge is 0.324 e. The van der Waals surface area contributed by atoms with Crippen molar-refractivity contribution in [3.8, 4) is 0 Å². The Labute approximate surface area is 194 Å². The van der Waals surface area contributed by atoms with Gasteiger partial charge < -0.3 is 15.7 Å². The van der Waals surface area contributed by atoms with E-state index in [1.165, 1.54) is 5.56 Å². The highest BCUT2D eigenvalue weighted by Gasteiger charge is 2.43. The molecule has 3 N–H and O–H groups in total. The number of nitrogens with zero attached hydrogens (tertiary/aromatic N) is 1. The van der Waals surface area contributed by atoms with Crippen LogP contribution in [0.3, 0.4) is 0 Å². The molecule has 1 saturated carbocycles. The molecule has 1 aliphatic carbocycles. The zero-order chi connectivity index (χ0) is 23.2. The fourth-order valence-corrected chi connectivity index (χ4v) is 4.79. The Balaban J connectivity index is 1.26. The highest BCUT2D eigenvalue weighted by atomic mass is 16.3. The Morgan fingerprint density at radius 1 is 0.970 bits per heavy atom. The van der Waals surface area contributed by atoms with Crippen molar-refractivity contribution in [3.05, 3.63) is 71.8 Å². The van der Waals surface area contributed by atoms with Crippen LogP contribution in [0.5, 0.6) is 0 Å². The van der Waals surface area contributed by atoms with Gasteiger partial charge in [-0.2, -0.15) is 0 Å². The topological polar surface area (TPSA) is 98.7 Å². The number of amides is 4. The summed E-state index contributed by atoms with van der Waals surface area (Å²) in [5.41, 5.74) is 2.43. The summed E-state index contributed by atoms with van der Waals surface area (Å²) in [5.74, 6) is -0.749. The van der Waals surface area contributed by atoms with E-state index in [0.29, 0.717) is 18.8 Å². The van der Waals surface area contributed by atoms with Crippen LogP contribution in [0.25, 0.3) is 0 Å². The Morgan fingerprint density at radius 3 is 2.27 bits per heavy atom. The number of aliphatic hydroxyl groups is 1. The Hall–Kier alpha value is -3.19. The lowest BCUT2D eigenvalue weighted by atomic mass is 9.81. The molecular weight excluding hydrogens is 418 g/mol. The number of urea groups is 1. The molecule has 1 aliphatic heterocycles. The van der Waals surface area contributed by atoms with E-state index in [-0.39, 0.29) is 12.6 Å². The number of nitrogens with one attached hydrogen (secondary N) is 2. The molecule has 4 rings (SSSR count). The quantitative estimate of drug-likeness (QED) is 0.605. The van der Waals surface area contributed by atoms with Gasteiger partial charge >= 0.3 is 6.03 Å². The van der Waals surface area contributed by atoms with E-state index in [2.05, 4.69) is 22.8 Å². The summed E-state index contributed by atoms with van der Waals surface area (Å²) in [6.07, 6.45) is 3.27. The fourth-order valence-electron chi connectivity index (χ4n) is 4.79. The summed E-state index contributed by atoms with van der Waals surface area (Å²) in [5, 5.41) is 15.9. The summed E-state index contributed by atoms with van der Waals surface area (Å²) >= 11 is 0. The first-order chi connectivity index (χ1) is 16.0. The van der Waals surface area contributed by atoms with Crippen LogP contribution < -0.4 is 10.6 Å². The number of carbonyl (C=O) groups excluding carboxylic acids is 3. The normalized spacial score (nSPS) is 25.4. The lowest BCUT2D eigenvalue weighted by Crippen LogP contribution is -2.67. The number of rotatable bonds is 7. The van der Waals surface area contributed by atoms with Crippen LogP contribution in [0, 0.1) is 0 Å². The zero-order valence-corrected chi connectivity index (χ0v) is 18.7. The summed E-state index contributed by atoms with van der Waals surface area (Å²) < 4.78 is 0. The summed E-state index contributed by atoms with van der Waals surface area (Å²) in [6.45, 7) is 0.189. The van der Waals surface area contributed by atoms with E-state index in [9.17, 15) is 19.5 Å². The largest absolute Gasteiger partial charge is 0.381 e. The minimum Gasteiger partial charge on any atom is -0.381 e. The maximum Gasteiger partial charge on any atom is 0.324 e. The lowest BCUT2D eigenvalue weighted by Gasteiger charge is -2.36. The third-order valence-electron chi connectivity index (χ3n) is 6.68.